The van der Waals surface area contributed by atoms with Gasteiger partial charge < -0.3 is 4.74 Å². The number of unbranched alkanes of at least 4 members (excludes halogenated alkanes) is 1. The van der Waals surface area contributed by atoms with Crippen LogP contribution >= 0.6 is 0 Å². The van der Waals surface area contributed by atoms with E-state index in [9.17, 15) is 4.79 Å². The predicted molar refractivity (Wildman–Crippen MR) is 83.6 cm³/mol. The summed E-state index contributed by atoms with van der Waals surface area (Å²) in [6, 6.07) is 9.79. The van der Waals surface area contributed by atoms with Gasteiger partial charge in [0.05, 0.1) is 18.2 Å². The minimum Gasteiger partial charge on any atom is -0.466 e. The Morgan fingerprint density at radius 2 is 2.10 bits per heavy atom. The highest BCUT2D eigenvalue weighted by molar-refractivity contribution is 5.69. The molecule has 0 bridgehead atoms. The molecule has 0 N–H and O–H groups in total. The Kier molecular flexibility index (Phi) is 7.89. The van der Waals surface area contributed by atoms with Crippen molar-refractivity contribution in [3.63, 3.8) is 0 Å². The standard InChI is InChI=1S/C18H23NO2/c1-3-15(7-5-6-8-18(20)21-4-2)13-16-9-11-17(14-19)12-10-16/h3,9-12,15H,1,4-8,13H2,2H3. The third kappa shape index (κ3) is 6.76. The second-order valence-corrected chi connectivity index (χ2v) is 5.06. The number of ether oxygens (including phenoxy) is 1. The number of rotatable bonds is 9. The smallest absolute Gasteiger partial charge is 0.305 e. The van der Waals surface area contributed by atoms with Crippen LogP contribution in [0, 0.1) is 17.2 Å². The van der Waals surface area contributed by atoms with Crippen LogP contribution < -0.4 is 0 Å². The molecule has 0 fully saturated rings. The molecule has 0 heterocycles. The van der Waals surface area contributed by atoms with Crippen molar-refractivity contribution in [2.75, 3.05) is 6.61 Å². The molecule has 0 saturated heterocycles. The van der Waals surface area contributed by atoms with Crippen molar-refractivity contribution < 1.29 is 9.53 Å². The summed E-state index contributed by atoms with van der Waals surface area (Å²) in [5.41, 5.74) is 1.90. The Morgan fingerprint density at radius 3 is 2.67 bits per heavy atom. The molecule has 0 spiro atoms. The zero-order chi connectivity index (χ0) is 15.5. The quantitative estimate of drug-likeness (QED) is 0.391. The Bertz CT molecular complexity index is 485. The molecule has 0 aliphatic heterocycles. The molecule has 1 unspecified atom stereocenters. The van der Waals surface area contributed by atoms with Gasteiger partial charge in [0.1, 0.15) is 0 Å². The Hall–Kier alpha value is -2.08. The molecule has 0 aliphatic carbocycles. The second-order valence-electron chi connectivity index (χ2n) is 5.06. The summed E-state index contributed by atoms with van der Waals surface area (Å²) in [4.78, 5) is 11.2. The monoisotopic (exact) mass is 285 g/mol. The molecule has 0 aromatic heterocycles. The van der Waals surface area contributed by atoms with E-state index >= 15 is 0 Å². The summed E-state index contributed by atoms with van der Waals surface area (Å²) in [6.07, 6.45) is 6.26. The maximum Gasteiger partial charge on any atom is 0.305 e. The molecule has 0 saturated carbocycles. The summed E-state index contributed by atoms with van der Waals surface area (Å²) < 4.78 is 4.91. The lowest BCUT2D eigenvalue weighted by molar-refractivity contribution is -0.143. The van der Waals surface area contributed by atoms with Gasteiger partial charge in [-0.1, -0.05) is 24.6 Å². The number of nitrogens with zero attached hydrogens (tertiary/aromatic N) is 1. The molecule has 0 radical (unpaired) electrons. The van der Waals surface area contributed by atoms with Gasteiger partial charge in [0, 0.05) is 6.42 Å². The largest absolute Gasteiger partial charge is 0.466 e. The normalized spacial score (nSPS) is 11.4. The number of carbonyl (C=O) groups excluding carboxylic acids is 1. The van der Waals surface area contributed by atoms with Crippen molar-refractivity contribution in [2.24, 2.45) is 5.92 Å². The lowest BCUT2D eigenvalue weighted by Crippen LogP contribution is -2.05. The van der Waals surface area contributed by atoms with Gasteiger partial charge in [-0.05, 0) is 49.8 Å². The van der Waals surface area contributed by atoms with Crippen LogP contribution in [0.1, 0.15) is 43.7 Å². The maximum atomic E-state index is 11.2. The highest BCUT2D eigenvalue weighted by Crippen LogP contribution is 2.17. The molecule has 0 amide bonds. The van der Waals surface area contributed by atoms with Gasteiger partial charge in [-0.2, -0.15) is 5.26 Å². The summed E-state index contributed by atoms with van der Waals surface area (Å²) in [5, 5.41) is 8.78. The van der Waals surface area contributed by atoms with Crippen LogP contribution in [-0.2, 0) is 16.0 Å². The van der Waals surface area contributed by atoms with Crippen molar-refractivity contribution in [2.45, 2.75) is 39.0 Å². The molecule has 112 valence electrons. The molecule has 3 nitrogen and oxygen atoms in total. The van der Waals surface area contributed by atoms with E-state index in [1.807, 2.05) is 37.3 Å². The van der Waals surface area contributed by atoms with E-state index in [0.29, 0.717) is 24.5 Å². The van der Waals surface area contributed by atoms with E-state index in [0.717, 1.165) is 25.7 Å². The number of benzene rings is 1. The highest BCUT2D eigenvalue weighted by Gasteiger charge is 2.07. The van der Waals surface area contributed by atoms with Crippen molar-refractivity contribution in [3.8, 4) is 6.07 Å². The lowest BCUT2D eigenvalue weighted by Gasteiger charge is -2.12. The fourth-order valence-electron chi connectivity index (χ4n) is 2.23. The zero-order valence-corrected chi connectivity index (χ0v) is 12.7. The van der Waals surface area contributed by atoms with Gasteiger partial charge in [0.25, 0.3) is 0 Å². The van der Waals surface area contributed by atoms with Gasteiger partial charge in [-0.3, -0.25) is 4.79 Å². The van der Waals surface area contributed by atoms with E-state index in [1.54, 1.807) is 0 Å². The first-order valence-electron chi connectivity index (χ1n) is 7.46. The molecule has 1 aromatic carbocycles. The Balaban J connectivity index is 2.32. The topological polar surface area (TPSA) is 50.1 Å². The molecular weight excluding hydrogens is 262 g/mol. The van der Waals surface area contributed by atoms with Crippen LogP contribution in [0.15, 0.2) is 36.9 Å². The van der Waals surface area contributed by atoms with Crippen molar-refractivity contribution in [1.82, 2.24) is 0 Å². The number of hydrogen-bond acceptors (Lipinski definition) is 3. The zero-order valence-electron chi connectivity index (χ0n) is 12.7. The Morgan fingerprint density at radius 1 is 1.38 bits per heavy atom. The average Bonchev–Trinajstić information content (AvgIpc) is 2.51. The van der Waals surface area contributed by atoms with E-state index < -0.39 is 0 Å². The summed E-state index contributed by atoms with van der Waals surface area (Å²) in [5.74, 6) is 0.292. The van der Waals surface area contributed by atoms with Crippen molar-refractivity contribution in [1.29, 1.82) is 5.26 Å². The molecule has 1 aromatic rings. The molecule has 0 aliphatic rings. The highest BCUT2D eigenvalue weighted by atomic mass is 16.5. The summed E-state index contributed by atoms with van der Waals surface area (Å²) >= 11 is 0. The maximum absolute atomic E-state index is 11.2. The first-order valence-corrected chi connectivity index (χ1v) is 7.46. The first kappa shape index (κ1) is 17.0. The third-order valence-corrected chi connectivity index (χ3v) is 3.43. The number of nitriles is 1. The number of hydrogen-bond donors (Lipinski definition) is 0. The minimum atomic E-state index is -0.111. The SMILES string of the molecule is C=CC(CCCCC(=O)OCC)Cc1ccc(C#N)cc1. The van der Waals surface area contributed by atoms with Crippen LogP contribution in [0.25, 0.3) is 0 Å². The summed E-state index contributed by atoms with van der Waals surface area (Å²) in [7, 11) is 0. The van der Waals surface area contributed by atoms with E-state index in [1.165, 1.54) is 5.56 Å². The predicted octanol–water partition coefficient (Wildman–Crippen LogP) is 4.03. The van der Waals surface area contributed by atoms with Crippen molar-refractivity contribution >= 4 is 5.97 Å². The van der Waals surface area contributed by atoms with Crippen LogP contribution in [0.2, 0.25) is 0 Å². The fourth-order valence-corrected chi connectivity index (χ4v) is 2.23. The van der Waals surface area contributed by atoms with Crippen LogP contribution in [0.4, 0.5) is 0 Å². The van der Waals surface area contributed by atoms with Crippen LogP contribution in [0.3, 0.4) is 0 Å². The van der Waals surface area contributed by atoms with Gasteiger partial charge in [0.15, 0.2) is 0 Å². The lowest BCUT2D eigenvalue weighted by atomic mass is 9.93. The molecule has 3 heteroatoms. The van der Waals surface area contributed by atoms with Gasteiger partial charge in [-0.15, -0.1) is 6.58 Å². The summed E-state index contributed by atoms with van der Waals surface area (Å²) in [6.45, 7) is 6.16. The van der Waals surface area contributed by atoms with E-state index in [2.05, 4.69) is 12.6 Å². The number of carbonyl (C=O) groups is 1. The van der Waals surface area contributed by atoms with E-state index in [-0.39, 0.29) is 5.97 Å². The van der Waals surface area contributed by atoms with Crippen LogP contribution in [0.5, 0.6) is 0 Å². The van der Waals surface area contributed by atoms with Gasteiger partial charge in [-0.25, -0.2) is 0 Å². The molecule has 21 heavy (non-hydrogen) atoms. The first-order chi connectivity index (χ1) is 10.2. The third-order valence-electron chi connectivity index (χ3n) is 3.43. The molecular formula is C18H23NO2. The molecule has 1 atom stereocenters. The minimum absolute atomic E-state index is 0.111. The van der Waals surface area contributed by atoms with Gasteiger partial charge in [0.2, 0.25) is 0 Å². The number of allylic oxidation sites excluding steroid dienone is 1. The van der Waals surface area contributed by atoms with Gasteiger partial charge >= 0.3 is 5.97 Å². The molecule has 1 rings (SSSR count). The Labute approximate surface area is 127 Å². The van der Waals surface area contributed by atoms with Crippen molar-refractivity contribution in [3.05, 3.63) is 48.0 Å². The second kappa shape index (κ2) is 9.77. The number of esters is 1. The van der Waals surface area contributed by atoms with E-state index in [4.69, 9.17) is 10.00 Å². The van der Waals surface area contributed by atoms with Crippen LogP contribution in [-0.4, -0.2) is 12.6 Å². The average molecular weight is 285 g/mol. The fraction of sp³-hybridized carbons (Fsp3) is 0.444.